The summed E-state index contributed by atoms with van der Waals surface area (Å²) in [6, 6.07) is 17.1. The molecular weight excluding hydrogens is 452 g/mol. The number of carbonyl (C=O) groups is 1. The van der Waals surface area contributed by atoms with E-state index in [1.54, 1.807) is 39.2 Å². The normalized spacial score (nSPS) is 10.3. The molecule has 0 unspecified atom stereocenters. The van der Waals surface area contributed by atoms with Gasteiger partial charge in [0.05, 0.1) is 26.2 Å². The summed E-state index contributed by atoms with van der Waals surface area (Å²) in [5.74, 6) is 0.197. The van der Waals surface area contributed by atoms with Gasteiger partial charge >= 0.3 is 5.97 Å². The molecule has 0 amide bonds. The average Bonchev–Trinajstić information content (AvgIpc) is 2.84. The van der Waals surface area contributed by atoms with E-state index >= 15 is 0 Å². The zero-order chi connectivity index (χ0) is 25.5. The van der Waals surface area contributed by atoms with Gasteiger partial charge in [-0.05, 0) is 37.6 Å². The first kappa shape index (κ1) is 25.2. The second-order valence-electron chi connectivity index (χ2n) is 7.37. The Morgan fingerprint density at radius 1 is 0.971 bits per heavy atom. The van der Waals surface area contributed by atoms with Crippen LogP contribution in [0.3, 0.4) is 0 Å². The Bertz CT molecular complexity index is 1370. The molecule has 8 nitrogen and oxygen atoms in total. The van der Waals surface area contributed by atoms with Crippen molar-refractivity contribution in [2.24, 2.45) is 0 Å². The van der Waals surface area contributed by atoms with Gasteiger partial charge in [0.1, 0.15) is 17.1 Å². The number of phenols is 2. The van der Waals surface area contributed by atoms with Crippen molar-refractivity contribution in [1.29, 1.82) is 0 Å². The van der Waals surface area contributed by atoms with E-state index in [0.29, 0.717) is 28.0 Å². The highest BCUT2D eigenvalue weighted by atomic mass is 16.5. The first-order valence-electron chi connectivity index (χ1n) is 10.7. The van der Waals surface area contributed by atoms with Gasteiger partial charge in [-0.1, -0.05) is 36.4 Å². The predicted octanol–water partition coefficient (Wildman–Crippen LogP) is 5.06. The monoisotopic (exact) mass is 478 g/mol. The quantitative estimate of drug-likeness (QED) is 0.383. The molecule has 3 aromatic carbocycles. The van der Waals surface area contributed by atoms with Gasteiger partial charge in [-0.25, -0.2) is 4.79 Å². The van der Waals surface area contributed by atoms with Gasteiger partial charge in [-0.3, -0.25) is 4.79 Å². The number of ether oxygens (including phenoxy) is 3. The zero-order valence-electron chi connectivity index (χ0n) is 19.8. The number of carbonyl (C=O) groups excluding carboxylic acids is 1. The van der Waals surface area contributed by atoms with Crippen LogP contribution in [0.1, 0.15) is 22.8 Å². The Morgan fingerprint density at radius 2 is 1.69 bits per heavy atom. The van der Waals surface area contributed by atoms with Crippen LogP contribution < -0.4 is 14.9 Å². The minimum Gasteiger partial charge on any atom is -0.508 e. The second-order valence-corrected chi connectivity index (χ2v) is 7.37. The number of para-hydroxylation sites is 1. The smallest absolute Gasteiger partial charge is 0.342 e. The van der Waals surface area contributed by atoms with Gasteiger partial charge in [0.2, 0.25) is 11.2 Å². The number of hydrogen-bond donors (Lipinski definition) is 2. The number of benzene rings is 3. The van der Waals surface area contributed by atoms with Crippen molar-refractivity contribution < 1.29 is 33.6 Å². The summed E-state index contributed by atoms with van der Waals surface area (Å²) < 4.78 is 21.2. The predicted molar refractivity (Wildman–Crippen MR) is 131 cm³/mol. The van der Waals surface area contributed by atoms with Gasteiger partial charge in [0, 0.05) is 11.6 Å². The molecule has 4 aromatic rings. The molecule has 0 aliphatic rings. The highest BCUT2D eigenvalue weighted by Gasteiger charge is 2.19. The molecular formula is C27H26O8. The molecule has 2 N–H and O–H groups in total. The van der Waals surface area contributed by atoms with Crippen LogP contribution in [0.5, 0.6) is 23.0 Å². The number of esters is 1. The molecule has 182 valence electrons. The molecule has 0 aliphatic heterocycles. The standard InChI is InChI=1S/C17H14O4.C10H12O4/c1-19-13-10-6-9-12-14(18)17(20-2)15(21-16(12)13)11-7-4-3-5-8-11;1-3-14-10(13)9-6(2)4-7(11)5-8(9)12/h3-10H,1-2H3;4-5,11-12H,3H2,1-2H3. The topological polar surface area (TPSA) is 115 Å². The molecule has 0 saturated carbocycles. The molecule has 0 radical (unpaired) electrons. The maximum atomic E-state index is 12.6. The average molecular weight is 478 g/mol. The summed E-state index contributed by atoms with van der Waals surface area (Å²) in [5.41, 5.74) is 1.58. The Kier molecular flexibility index (Phi) is 7.99. The van der Waals surface area contributed by atoms with Crippen LogP contribution in [0.4, 0.5) is 0 Å². The minimum atomic E-state index is -0.581. The summed E-state index contributed by atoms with van der Waals surface area (Å²) >= 11 is 0. The largest absolute Gasteiger partial charge is 0.508 e. The van der Waals surface area contributed by atoms with Crippen molar-refractivity contribution in [2.45, 2.75) is 13.8 Å². The van der Waals surface area contributed by atoms with Gasteiger partial charge in [-0.15, -0.1) is 0 Å². The Hall–Kier alpha value is -4.46. The van der Waals surface area contributed by atoms with Crippen molar-refractivity contribution in [3.63, 3.8) is 0 Å². The lowest BCUT2D eigenvalue weighted by atomic mass is 10.1. The number of hydrogen-bond acceptors (Lipinski definition) is 8. The van der Waals surface area contributed by atoms with Crippen LogP contribution in [0.25, 0.3) is 22.3 Å². The van der Waals surface area contributed by atoms with Gasteiger partial charge in [-0.2, -0.15) is 0 Å². The first-order valence-corrected chi connectivity index (χ1v) is 10.7. The van der Waals surface area contributed by atoms with Crippen LogP contribution in [0, 0.1) is 6.92 Å². The Balaban J connectivity index is 0.000000214. The van der Waals surface area contributed by atoms with Gasteiger partial charge in [0.25, 0.3) is 0 Å². The molecule has 1 heterocycles. The van der Waals surface area contributed by atoms with Crippen LogP contribution in [-0.4, -0.2) is 37.0 Å². The van der Waals surface area contributed by atoms with Crippen molar-refractivity contribution >= 4 is 16.9 Å². The lowest BCUT2D eigenvalue weighted by Gasteiger charge is -2.10. The van der Waals surface area contributed by atoms with E-state index in [1.807, 2.05) is 30.3 Å². The van der Waals surface area contributed by atoms with Crippen molar-refractivity contribution in [2.75, 3.05) is 20.8 Å². The zero-order valence-corrected chi connectivity index (χ0v) is 19.8. The first-order chi connectivity index (χ1) is 16.8. The van der Waals surface area contributed by atoms with Gasteiger partial charge in [0.15, 0.2) is 17.1 Å². The number of aromatic hydroxyl groups is 2. The van der Waals surface area contributed by atoms with Crippen molar-refractivity contribution in [1.82, 2.24) is 0 Å². The van der Waals surface area contributed by atoms with E-state index in [9.17, 15) is 14.7 Å². The Morgan fingerprint density at radius 3 is 2.29 bits per heavy atom. The lowest BCUT2D eigenvalue weighted by Crippen LogP contribution is -2.08. The summed E-state index contributed by atoms with van der Waals surface area (Å²) in [5, 5.41) is 19.0. The molecule has 0 aliphatic carbocycles. The van der Waals surface area contributed by atoms with E-state index in [0.717, 1.165) is 11.6 Å². The van der Waals surface area contributed by atoms with E-state index in [2.05, 4.69) is 0 Å². The third kappa shape index (κ3) is 5.38. The molecule has 1 aromatic heterocycles. The van der Waals surface area contributed by atoms with E-state index in [-0.39, 0.29) is 34.8 Å². The van der Waals surface area contributed by atoms with Crippen LogP contribution >= 0.6 is 0 Å². The van der Waals surface area contributed by atoms with Crippen molar-refractivity contribution in [3.8, 4) is 34.3 Å². The highest BCUT2D eigenvalue weighted by molar-refractivity contribution is 5.94. The molecule has 0 fully saturated rings. The van der Waals surface area contributed by atoms with E-state index in [4.69, 9.17) is 23.7 Å². The summed E-state index contributed by atoms with van der Waals surface area (Å²) in [6.07, 6.45) is 0. The fourth-order valence-electron chi connectivity index (χ4n) is 3.52. The van der Waals surface area contributed by atoms with Crippen LogP contribution in [-0.2, 0) is 4.74 Å². The molecule has 0 spiro atoms. The number of aryl methyl sites for hydroxylation is 1. The fraction of sp³-hybridized carbons (Fsp3) is 0.185. The van der Waals surface area contributed by atoms with E-state index in [1.165, 1.54) is 13.2 Å². The molecule has 0 bridgehead atoms. The third-order valence-electron chi connectivity index (χ3n) is 5.08. The van der Waals surface area contributed by atoms with Crippen LogP contribution in [0.15, 0.2) is 69.9 Å². The summed E-state index contributed by atoms with van der Waals surface area (Å²) in [6.45, 7) is 3.55. The SMILES string of the molecule is CCOC(=O)c1c(C)cc(O)cc1O.COc1c(-c2ccccc2)oc2c(OC)cccc2c1=O. The molecule has 0 atom stereocenters. The maximum Gasteiger partial charge on any atom is 0.342 e. The summed E-state index contributed by atoms with van der Waals surface area (Å²) in [4.78, 5) is 23.9. The molecule has 8 heteroatoms. The maximum absolute atomic E-state index is 12.6. The molecule has 4 rings (SSSR count). The second kappa shape index (κ2) is 11.1. The number of rotatable bonds is 5. The Labute approximate surface area is 201 Å². The highest BCUT2D eigenvalue weighted by Crippen LogP contribution is 2.34. The molecule has 0 saturated heterocycles. The number of methoxy groups -OCH3 is 2. The third-order valence-corrected chi connectivity index (χ3v) is 5.08. The van der Waals surface area contributed by atoms with Crippen LogP contribution in [0.2, 0.25) is 0 Å². The number of phenolic OH excluding ortho intramolecular Hbond substituents is 2. The molecule has 35 heavy (non-hydrogen) atoms. The summed E-state index contributed by atoms with van der Waals surface area (Å²) in [7, 11) is 3.01. The minimum absolute atomic E-state index is 0.0759. The van der Waals surface area contributed by atoms with Crippen molar-refractivity contribution in [3.05, 3.63) is 82.0 Å². The van der Waals surface area contributed by atoms with Gasteiger partial charge < -0.3 is 28.8 Å². The number of fused-ring (bicyclic) bond motifs is 1. The lowest BCUT2D eigenvalue weighted by molar-refractivity contribution is 0.0522. The fourth-order valence-corrected chi connectivity index (χ4v) is 3.52. The van der Waals surface area contributed by atoms with E-state index < -0.39 is 5.97 Å².